The summed E-state index contributed by atoms with van der Waals surface area (Å²) in [6.07, 6.45) is 1.77. The van der Waals surface area contributed by atoms with Gasteiger partial charge in [-0.3, -0.25) is 4.98 Å². The second-order valence-corrected chi connectivity index (χ2v) is 5.19. The molecule has 6 nitrogen and oxygen atoms in total. The van der Waals surface area contributed by atoms with Gasteiger partial charge in [-0.1, -0.05) is 18.2 Å². The van der Waals surface area contributed by atoms with Gasteiger partial charge in [-0.2, -0.15) is 0 Å². The predicted octanol–water partition coefficient (Wildman–Crippen LogP) is 3.54. The number of aryl methyl sites for hydroxylation is 1. The molecule has 0 saturated heterocycles. The molecule has 2 aromatic heterocycles. The van der Waals surface area contributed by atoms with E-state index < -0.39 is 0 Å². The van der Waals surface area contributed by atoms with Crippen LogP contribution in [0.5, 0.6) is 5.75 Å². The number of hydrogen-bond acceptors (Lipinski definition) is 6. The summed E-state index contributed by atoms with van der Waals surface area (Å²) in [7, 11) is 1.64. The van der Waals surface area contributed by atoms with E-state index in [0.717, 1.165) is 22.9 Å². The lowest BCUT2D eigenvalue weighted by Crippen LogP contribution is -2.06. The number of anilines is 3. The molecule has 2 N–H and O–H groups in total. The Labute approximate surface area is 141 Å². The van der Waals surface area contributed by atoms with Gasteiger partial charge in [0.25, 0.3) is 0 Å². The van der Waals surface area contributed by atoms with Gasteiger partial charge in [0, 0.05) is 12.3 Å². The van der Waals surface area contributed by atoms with E-state index in [-0.39, 0.29) is 0 Å². The molecule has 3 aromatic rings. The van der Waals surface area contributed by atoms with Crippen molar-refractivity contribution < 1.29 is 4.74 Å². The smallest absolute Gasteiger partial charge is 0.142 e. The lowest BCUT2D eigenvalue weighted by molar-refractivity contribution is 0.417. The van der Waals surface area contributed by atoms with Crippen LogP contribution in [0.4, 0.5) is 17.3 Å². The molecular formula is C18H19N5O. The Morgan fingerprint density at radius 1 is 1.00 bits per heavy atom. The van der Waals surface area contributed by atoms with E-state index >= 15 is 0 Å². The Kier molecular flexibility index (Phi) is 4.86. The van der Waals surface area contributed by atoms with E-state index in [0.29, 0.717) is 18.2 Å². The molecule has 0 amide bonds. The molecule has 24 heavy (non-hydrogen) atoms. The molecule has 0 aliphatic heterocycles. The maximum absolute atomic E-state index is 5.35. The van der Waals surface area contributed by atoms with Crippen LogP contribution < -0.4 is 15.4 Å². The zero-order valence-corrected chi connectivity index (χ0v) is 13.7. The highest BCUT2D eigenvalue weighted by molar-refractivity contribution is 5.65. The highest BCUT2D eigenvalue weighted by Crippen LogP contribution is 2.26. The molecule has 2 heterocycles. The summed E-state index contributed by atoms with van der Waals surface area (Å²) in [6, 6.07) is 15.4. The maximum atomic E-state index is 5.35. The average Bonchev–Trinajstić information content (AvgIpc) is 2.61. The van der Waals surface area contributed by atoms with Gasteiger partial charge in [-0.05, 0) is 31.2 Å². The summed E-state index contributed by atoms with van der Waals surface area (Å²) in [5, 5.41) is 6.54. The minimum absolute atomic E-state index is 0.603. The largest absolute Gasteiger partial charge is 0.495 e. The van der Waals surface area contributed by atoms with Crippen LogP contribution in [-0.4, -0.2) is 22.1 Å². The Balaban J connectivity index is 1.76. The molecule has 1 aromatic carbocycles. The highest BCUT2D eigenvalue weighted by Gasteiger charge is 2.06. The van der Waals surface area contributed by atoms with Crippen LogP contribution in [-0.2, 0) is 6.54 Å². The third kappa shape index (κ3) is 3.98. The summed E-state index contributed by atoms with van der Waals surface area (Å²) < 4.78 is 5.35. The van der Waals surface area contributed by atoms with Crippen molar-refractivity contribution in [3.63, 3.8) is 0 Å². The van der Waals surface area contributed by atoms with E-state index in [4.69, 9.17) is 4.74 Å². The molecule has 122 valence electrons. The minimum Gasteiger partial charge on any atom is -0.495 e. The molecule has 0 atom stereocenters. The SMILES string of the molecule is COc1ccccc1Nc1cc(NCc2ccccn2)nc(C)n1. The zero-order chi connectivity index (χ0) is 16.8. The monoisotopic (exact) mass is 321 g/mol. The van der Waals surface area contributed by atoms with Gasteiger partial charge in [0.2, 0.25) is 0 Å². The molecule has 3 rings (SSSR count). The van der Waals surface area contributed by atoms with Crippen molar-refractivity contribution >= 4 is 17.3 Å². The molecule has 0 fully saturated rings. The number of aromatic nitrogens is 3. The molecule has 0 saturated carbocycles. The molecule has 6 heteroatoms. The summed E-state index contributed by atoms with van der Waals surface area (Å²) in [5.74, 6) is 2.89. The number of methoxy groups -OCH3 is 1. The van der Waals surface area contributed by atoms with E-state index in [1.807, 2.05) is 55.5 Å². The summed E-state index contributed by atoms with van der Waals surface area (Å²) in [6.45, 7) is 2.46. The van der Waals surface area contributed by atoms with Crippen LogP contribution in [0.2, 0.25) is 0 Å². The number of ether oxygens (including phenoxy) is 1. The van der Waals surface area contributed by atoms with Gasteiger partial charge in [0.1, 0.15) is 23.2 Å². The first-order chi connectivity index (χ1) is 11.7. The van der Waals surface area contributed by atoms with Crippen LogP contribution in [0.3, 0.4) is 0 Å². The molecule has 0 radical (unpaired) electrons. The third-order valence-corrected chi connectivity index (χ3v) is 3.38. The maximum Gasteiger partial charge on any atom is 0.142 e. The van der Waals surface area contributed by atoms with E-state index in [2.05, 4.69) is 25.6 Å². The van der Waals surface area contributed by atoms with Crippen molar-refractivity contribution in [2.45, 2.75) is 13.5 Å². The van der Waals surface area contributed by atoms with Crippen molar-refractivity contribution in [2.24, 2.45) is 0 Å². The van der Waals surface area contributed by atoms with Crippen LogP contribution in [0.1, 0.15) is 11.5 Å². The fraction of sp³-hybridized carbons (Fsp3) is 0.167. The van der Waals surface area contributed by atoms with Crippen LogP contribution in [0.25, 0.3) is 0 Å². The lowest BCUT2D eigenvalue weighted by atomic mass is 10.3. The number of pyridine rings is 1. The molecule has 0 aliphatic rings. The number of hydrogen-bond donors (Lipinski definition) is 2. The van der Waals surface area contributed by atoms with Gasteiger partial charge in [0.15, 0.2) is 0 Å². The number of nitrogens with zero attached hydrogens (tertiary/aromatic N) is 3. The number of para-hydroxylation sites is 2. The molecule has 0 bridgehead atoms. The van der Waals surface area contributed by atoms with Crippen molar-refractivity contribution in [3.8, 4) is 5.75 Å². The fourth-order valence-corrected chi connectivity index (χ4v) is 2.29. The topological polar surface area (TPSA) is 72.0 Å². The highest BCUT2D eigenvalue weighted by atomic mass is 16.5. The van der Waals surface area contributed by atoms with Crippen molar-refractivity contribution in [3.05, 3.63) is 66.2 Å². The lowest BCUT2D eigenvalue weighted by Gasteiger charge is -2.12. The predicted molar refractivity (Wildman–Crippen MR) is 94.6 cm³/mol. The fourth-order valence-electron chi connectivity index (χ4n) is 2.29. The first kappa shape index (κ1) is 15.7. The minimum atomic E-state index is 0.603. The second-order valence-electron chi connectivity index (χ2n) is 5.19. The van der Waals surface area contributed by atoms with Gasteiger partial charge in [-0.25, -0.2) is 9.97 Å². The molecule has 0 unspecified atom stereocenters. The van der Waals surface area contributed by atoms with Crippen LogP contribution >= 0.6 is 0 Å². The Bertz CT molecular complexity index is 808. The third-order valence-electron chi connectivity index (χ3n) is 3.38. The summed E-state index contributed by atoms with van der Waals surface area (Å²) >= 11 is 0. The first-order valence-corrected chi connectivity index (χ1v) is 7.64. The quantitative estimate of drug-likeness (QED) is 0.723. The van der Waals surface area contributed by atoms with E-state index in [1.54, 1.807) is 13.3 Å². The normalized spacial score (nSPS) is 10.2. The Morgan fingerprint density at radius 3 is 2.58 bits per heavy atom. The van der Waals surface area contributed by atoms with E-state index in [9.17, 15) is 0 Å². The van der Waals surface area contributed by atoms with Crippen LogP contribution in [0.15, 0.2) is 54.7 Å². The number of rotatable bonds is 6. The van der Waals surface area contributed by atoms with Crippen molar-refractivity contribution in [1.29, 1.82) is 0 Å². The van der Waals surface area contributed by atoms with Gasteiger partial charge in [0.05, 0.1) is 25.0 Å². The number of nitrogens with one attached hydrogen (secondary N) is 2. The molecular weight excluding hydrogens is 302 g/mol. The second kappa shape index (κ2) is 7.41. The van der Waals surface area contributed by atoms with Crippen molar-refractivity contribution in [1.82, 2.24) is 15.0 Å². The Hall–Kier alpha value is -3.15. The molecule has 0 spiro atoms. The van der Waals surface area contributed by atoms with Gasteiger partial charge < -0.3 is 15.4 Å². The molecule has 0 aliphatic carbocycles. The number of benzene rings is 1. The average molecular weight is 321 g/mol. The Morgan fingerprint density at radius 2 is 1.79 bits per heavy atom. The van der Waals surface area contributed by atoms with Gasteiger partial charge >= 0.3 is 0 Å². The summed E-state index contributed by atoms with van der Waals surface area (Å²) in [4.78, 5) is 13.1. The van der Waals surface area contributed by atoms with Crippen LogP contribution in [0, 0.1) is 6.92 Å². The standard InChI is InChI=1S/C18H19N5O/c1-13-21-17(20-12-14-7-5-6-10-19-14)11-18(22-13)23-15-8-3-4-9-16(15)24-2/h3-11H,12H2,1-2H3,(H2,20,21,22,23). The first-order valence-electron chi connectivity index (χ1n) is 7.64. The summed E-state index contributed by atoms with van der Waals surface area (Å²) in [5.41, 5.74) is 1.81. The van der Waals surface area contributed by atoms with E-state index in [1.165, 1.54) is 0 Å². The van der Waals surface area contributed by atoms with Gasteiger partial charge in [-0.15, -0.1) is 0 Å². The zero-order valence-electron chi connectivity index (χ0n) is 13.7. The van der Waals surface area contributed by atoms with Crippen molar-refractivity contribution in [2.75, 3.05) is 17.7 Å².